The molecule has 0 bridgehead atoms. The highest BCUT2D eigenvalue weighted by Gasteiger charge is 2.37. The Kier molecular flexibility index (Phi) is 7.87. The van der Waals surface area contributed by atoms with Crippen LogP contribution in [0.15, 0.2) is 36.5 Å². The van der Waals surface area contributed by atoms with Crippen molar-refractivity contribution < 1.29 is 19.0 Å². The predicted molar refractivity (Wildman–Crippen MR) is 104 cm³/mol. The van der Waals surface area contributed by atoms with Crippen LogP contribution < -0.4 is 15.4 Å². The van der Waals surface area contributed by atoms with Gasteiger partial charge in [0.2, 0.25) is 0 Å². The molecule has 0 aliphatic carbocycles. The van der Waals surface area contributed by atoms with Crippen LogP contribution in [-0.2, 0) is 14.3 Å². The Balaban J connectivity index is 2.12. The first kappa shape index (κ1) is 20.2. The molecule has 1 saturated heterocycles. The summed E-state index contributed by atoms with van der Waals surface area (Å²) < 4.78 is 15.9. The molecule has 1 aliphatic heterocycles. The molecule has 1 aromatic rings. The number of thiocarbonyl (C=S) groups is 1. The maximum absolute atomic E-state index is 12.5. The van der Waals surface area contributed by atoms with Crippen molar-refractivity contribution in [2.75, 3.05) is 26.9 Å². The smallest absolute Gasteiger partial charge is 0.317 e. The number of ether oxygens (including phenoxy) is 3. The van der Waals surface area contributed by atoms with Gasteiger partial charge in [-0.15, -0.1) is 0 Å². The first-order chi connectivity index (χ1) is 12.6. The minimum absolute atomic E-state index is 0.195. The summed E-state index contributed by atoms with van der Waals surface area (Å²) in [7, 11) is 1.56. The van der Waals surface area contributed by atoms with Crippen LogP contribution in [0.2, 0.25) is 0 Å². The molecule has 1 aromatic carbocycles. The lowest BCUT2D eigenvalue weighted by Crippen LogP contribution is -2.51. The molecule has 0 unspecified atom stereocenters. The van der Waals surface area contributed by atoms with Gasteiger partial charge in [-0.1, -0.05) is 32.1 Å². The summed E-state index contributed by atoms with van der Waals surface area (Å²) >= 11 is 5.22. The second-order valence-corrected chi connectivity index (χ2v) is 6.42. The molecule has 7 heteroatoms. The Morgan fingerprint density at radius 2 is 1.96 bits per heavy atom. The molecule has 2 rings (SSSR count). The number of nitrogens with one attached hydrogen (secondary N) is 2. The van der Waals surface area contributed by atoms with Crippen LogP contribution in [0, 0.1) is 5.92 Å². The monoisotopic (exact) mass is 378 g/mol. The van der Waals surface area contributed by atoms with Crippen LogP contribution in [0.3, 0.4) is 0 Å². The summed E-state index contributed by atoms with van der Waals surface area (Å²) in [6.45, 7) is 7.30. The van der Waals surface area contributed by atoms with Gasteiger partial charge in [-0.05, 0) is 36.3 Å². The van der Waals surface area contributed by atoms with Crippen molar-refractivity contribution in [1.82, 2.24) is 10.6 Å². The third kappa shape index (κ3) is 5.44. The number of methoxy groups -OCH3 is 1. The average molecular weight is 378 g/mol. The number of rotatable bonds is 9. The molecule has 0 amide bonds. The van der Waals surface area contributed by atoms with Gasteiger partial charge in [-0.3, -0.25) is 4.79 Å². The van der Waals surface area contributed by atoms with E-state index in [4.69, 9.17) is 26.4 Å². The van der Waals surface area contributed by atoms with E-state index in [9.17, 15) is 4.79 Å². The number of esters is 1. The van der Waals surface area contributed by atoms with Gasteiger partial charge in [-0.2, -0.15) is 0 Å². The highest BCUT2D eigenvalue weighted by atomic mass is 32.1. The Bertz CT molecular complexity index is 633. The van der Waals surface area contributed by atoms with E-state index in [-0.39, 0.29) is 18.6 Å². The fourth-order valence-electron chi connectivity index (χ4n) is 2.66. The molecule has 0 radical (unpaired) electrons. The van der Waals surface area contributed by atoms with Gasteiger partial charge in [0.05, 0.1) is 19.3 Å². The lowest BCUT2D eigenvalue weighted by atomic mass is 9.89. The Morgan fingerprint density at radius 1 is 1.23 bits per heavy atom. The first-order valence-electron chi connectivity index (χ1n) is 8.71. The molecule has 1 heterocycles. The summed E-state index contributed by atoms with van der Waals surface area (Å²) in [5, 5.41) is 6.49. The molecule has 2 atom stereocenters. The Morgan fingerprint density at radius 3 is 2.62 bits per heavy atom. The molecule has 6 nitrogen and oxygen atoms in total. The average Bonchev–Trinajstić information content (AvgIpc) is 2.62. The number of hydrogen-bond acceptors (Lipinski definition) is 5. The summed E-state index contributed by atoms with van der Waals surface area (Å²) in [5.74, 6) is -0.162. The number of carbonyl (C=O) groups is 1. The Labute approximate surface area is 159 Å². The SMILES string of the molecule is C=C1NC(=S)N[C@H](c2ccc(OCCCC)cc2)[C@H]1C(=O)OCCOC. The zero-order chi connectivity index (χ0) is 18.9. The molecular weight excluding hydrogens is 352 g/mol. The van der Waals surface area contributed by atoms with Gasteiger partial charge in [0.1, 0.15) is 18.3 Å². The lowest BCUT2D eigenvalue weighted by molar-refractivity contribution is -0.149. The topological polar surface area (TPSA) is 68.8 Å². The molecule has 1 aliphatic rings. The van der Waals surface area contributed by atoms with Crippen LogP contribution >= 0.6 is 12.2 Å². The molecule has 0 spiro atoms. The van der Waals surface area contributed by atoms with E-state index in [0.29, 0.717) is 24.0 Å². The number of unbranched alkanes of at least 4 members (excludes halogenated alkanes) is 1. The standard InChI is InChI=1S/C19H26N2O4S/c1-4-5-10-24-15-8-6-14(7-9-15)17-16(13(2)20-19(26)21-17)18(22)25-12-11-23-3/h6-9,16-17H,2,4-5,10-12H2,1,3H3,(H2,20,21,26)/t16-,17+/m0/s1. The lowest BCUT2D eigenvalue weighted by Gasteiger charge is -2.34. The molecule has 0 saturated carbocycles. The molecule has 142 valence electrons. The summed E-state index contributed by atoms with van der Waals surface area (Å²) in [4.78, 5) is 12.5. The largest absolute Gasteiger partial charge is 0.494 e. The van der Waals surface area contributed by atoms with E-state index in [2.05, 4.69) is 24.1 Å². The van der Waals surface area contributed by atoms with Crippen molar-refractivity contribution in [3.05, 3.63) is 42.1 Å². The summed E-state index contributed by atoms with van der Waals surface area (Å²) in [6.07, 6.45) is 2.10. The predicted octanol–water partition coefficient (Wildman–Crippen LogP) is 2.70. The minimum atomic E-state index is -0.592. The van der Waals surface area contributed by atoms with Crippen LogP contribution in [0.1, 0.15) is 31.4 Å². The molecule has 2 N–H and O–H groups in total. The molecule has 1 fully saturated rings. The fourth-order valence-corrected chi connectivity index (χ4v) is 2.92. The van der Waals surface area contributed by atoms with E-state index >= 15 is 0 Å². The fraction of sp³-hybridized carbons (Fsp3) is 0.474. The second-order valence-electron chi connectivity index (χ2n) is 6.01. The molecule has 26 heavy (non-hydrogen) atoms. The maximum Gasteiger partial charge on any atom is 0.317 e. The number of carbonyl (C=O) groups excluding carboxylic acids is 1. The van der Waals surface area contributed by atoms with Crippen LogP contribution in [-0.4, -0.2) is 38.0 Å². The van der Waals surface area contributed by atoms with Gasteiger partial charge in [0.15, 0.2) is 5.11 Å². The second kappa shape index (κ2) is 10.1. The van der Waals surface area contributed by atoms with Crippen molar-refractivity contribution in [2.24, 2.45) is 5.92 Å². The molecule has 0 aromatic heterocycles. The van der Waals surface area contributed by atoms with Gasteiger partial charge < -0.3 is 24.8 Å². The van der Waals surface area contributed by atoms with Crippen molar-refractivity contribution in [2.45, 2.75) is 25.8 Å². The third-order valence-corrected chi connectivity index (χ3v) is 4.28. The Hall–Kier alpha value is -2.12. The van der Waals surface area contributed by atoms with Crippen molar-refractivity contribution in [3.63, 3.8) is 0 Å². The zero-order valence-electron chi connectivity index (χ0n) is 15.2. The van der Waals surface area contributed by atoms with Gasteiger partial charge >= 0.3 is 5.97 Å². The highest BCUT2D eigenvalue weighted by Crippen LogP contribution is 2.31. The van der Waals surface area contributed by atoms with Crippen molar-refractivity contribution in [3.8, 4) is 5.75 Å². The van der Waals surface area contributed by atoms with Gasteiger partial charge in [0, 0.05) is 12.8 Å². The molecular formula is C19H26N2O4S. The van der Waals surface area contributed by atoms with Crippen LogP contribution in [0.25, 0.3) is 0 Å². The van der Waals surface area contributed by atoms with E-state index in [1.165, 1.54) is 0 Å². The van der Waals surface area contributed by atoms with Crippen LogP contribution in [0.4, 0.5) is 0 Å². The van der Waals surface area contributed by atoms with E-state index < -0.39 is 5.92 Å². The van der Waals surface area contributed by atoms with Gasteiger partial charge in [0.25, 0.3) is 0 Å². The maximum atomic E-state index is 12.5. The van der Waals surface area contributed by atoms with E-state index in [1.54, 1.807) is 7.11 Å². The summed E-state index contributed by atoms with van der Waals surface area (Å²) in [6, 6.07) is 7.29. The van der Waals surface area contributed by atoms with Crippen LogP contribution in [0.5, 0.6) is 5.75 Å². The highest BCUT2D eigenvalue weighted by molar-refractivity contribution is 7.80. The first-order valence-corrected chi connectivity index (χ1v) is 9.12. The van der Waals surface area contributed by atoms with Crippen molar-refractivity contribution in [1.29, 1.82) is 0 Å². The zero-order valence-corrected chi connectivity index (χ0v) is 16.1. The number of hydrogen-bond donors (Lipinski definition) is 2. The minimum Gasteiger partial charge on any atom is -0.494 e. The van der Waals surface area contributed by atoms with Gasteiger partial charge in [-0.25, -0.2) is 0 Å². The summed E-state index contributed by atoms with van der Waals surface area (Å²) in [5.41, 5.74) is 1.43. The third-order valence-electron chi connectivity index (χ3n) is 4.06. The number of benzene rings is 1. The quantitative estimate of drug-likeness (QED) is 0.389. The van der Waals surface area contributed by atoms with E-state index in [0.717, 1.165) is 24.2 Å². The van der Waals surface area contributed by atoms with Crippen molar-refractivity contribution >= 4 is 23.3 Å². The van der Waals surface area contributed by atoms with E-state index in [1.807, 2.05) is 24.3 Å². The normalized spacial score (nSPS) is 19.5.